The second-order valence-electron chi connectivity index (χ2n) is 6.03. The highest BCUT2D eigenvalue weighted by atomic mass is 35.5. The number of nitrogens with zero attached hydrogens (tertiary/aromatic N) is 2. The Balaban J connectivity index is 0.00000200. The van der Waals surface area contributed by atoms with Crippen LogP contribution in [0.5, 0.6) is 0 Å². The first kappa shape index (κ1) is 18.2. The molecule has 7 heteroatoms. The Labute approximate surface area is 129 Å². The summed E-state index contributed by atoms with van der Waals surface area (Å²) in [5.41, 5.74) is 5.59. The Morgan fingerprint density at radius 2 is 1.75 bits per heavy atom. The molecule has 1 unspecified atom stereocenters. The van der Waals surface area contributed by atoms with Crippen molar-refractivity contribution in [3.63, 3.8) is 0 Å². The molecule has 0 radical (unpaired) electrons. The van der Waals surface area contributed by atoms with Gasteiger partial charge in [0.05, 0.1) is 0 Å². The Kier molecular flexibility index (Phi) is 7.21. The van der Waals surface area contributed by atoms with Gasteiger partial charge in [0.2, 0.25) is 0 Å². The number of hydrogen-bond donors (Lipinski definition) is 1. The van der Waals surface area contributed by atoms with Gasteiger partial charge in [0.25, 0.3) is 10.2 Å². The number of nitrogens with two attached hydrogens (primary N) is 1. The van der Waals surface area contributed by atoms with Crippen LogP contribution in [0.1, 0.15) is 39.0 Å². The highest BCUT2D eigenvalue weighted by Gasteiger charge is 2.34. The molecule has 0 aromatic rings. The lowest BCUT2D eigenvalue weighted by Crippen LogP contribution is -2.50. The molecule has 0 amide bonds. The van der Waals surface area contributed by atoms with E-state index in [0.717, 1.165) is 32.1 Å². The summed E-state index contributed by atoms with van der Waals surface area (Å²) in [4.78, 5) is 0. The zero-order valence-corrected chi connectivity index (χ0v) is 14.0. The summed E-state index contributed by atoms with van der Waals surface area (Å²) < 4.78 is 28.6. The molecule has 0 aromatic carbocycles. The van der Waals surface area contributed by atoms with Crippen molar-refractivity contribution in [2.75, 3.05) is 32.7 Å². The standard InChI is InChI=1S/C13H27N3O2S.ClH/c1-12-5-9-15(10-6-12)19(17,18)16-8-2-3-13(11-16)4-7-14;/h12-13H,2-11,14H2,1H3;1H. The summed E-state index contributed by atoms with van der Waals surface area (Å²) in [5, 5.41) is 0. The minimum Gasteiger partial charge on any atom is -0.330 e. The highest BCUT2D eigenvalue weighted by molar-refractivity contribution is 7.86. The van der Waals surface area contributed by atoms with Gasteiger partial charge in [0, 0.05) is 26.2 Å². The molecular formula is C13H28ClN3O2S. The van der Waals surface area contributed by atoms with Gasteiger partial charge in [-0.25, -0.2) is 0 Å². The van der Waals surface area contributed by atoms with Gasteiger partial charge < -0.3 is 5.73 Å². The van der Waals surface area contributed by atoms with Crippen molar-refractivity contribution >= 4 is 22.6 Å². The fourth-order valence-corrected chi connectivity index (χ4v) is 4.84. The van der Waals surface area contributed by atoms with Crippen LogP contribution in [0, 0.1) is 11.8 Å². The van der Waals surface area contributed by atoms with E-state index in [0.29, 0.717) is 44.6 Å². The van der Waals surface area contributed by atoms with E-state index >= 15 is 0 Å². The minimum atomic E-state index is -3.23. The monoisotopic (exact) mass is 325 g/mol. The molecule has 0 spiro atoms. The molecular weight excluding hydrogens is 298 g/mol. The second-order valence-corrected chi connectivity index (χ2v) is 7.96. The molecule has 0 aliphatic carbocycles. The summed E-state index contributed by atoms with van der Waals surface area (Å²) in [6.45, 7) is 5.55. The first-order valence-corrected chi connectivity index (χ1v) is 8.89. The quantitative estimate of drug-likeness (QED) is 0.850. The van der Waals surface area contributed by atoms with Crippen LogP contribution in [0.4, 0.5) is 0 Å². The molecule has 0 aromatic heterocycles. The molecule has 2 rings (SSSR count). The number of piperidine rings is 2. The lowest BCUT2D eigenvalue weighted by Gasteiger charge is -2.37. The third kappa shape index (κ3) is 4.31. The van der Waals surface area contributed by atoms with E-state index in [2.05, 4.69) is 6.92 Å². The zero-order chi connectivity index (χ0) is 13.9. The van der Waals surface area contributed by atoms with Crippen molar-refractivity contribution in [3.8, 4) is 0 Å². The highest BCUT2D eigenvalue weighted by Crippen LogP contribution is 2.25. The maximum absolute atomic E-state index is 12.6. The number of hydrogen-bond acceptors (Lipinski definition) is 3. The zero-order valence-electron chi connectivity index (χ0n) is 12.3. The Hall–Kier alpha value is 0.120. The van der Waals surface area contributed by atoms with Crippen LogP contribution >= 0.6 is 12.4 Å². The molecule has 20 heavy (non-hydrogen) atoms. The van der Waals surface area contributed by atoms with E-state index < -0.39 is 10.2 Å². The van der Waals surface area contributed by atoms with Crippen LogP contribution < -0.4 is 5.73 Å². The molecule has 5 nitrogen and oxygen atoms in total. The van der Waals surface area contributed by atoms with Gasteiger partial charge in [0.15, 0.2) is 0 Å². The predicted octanol–water partition coefficient (Wildman–Crippen LogP) is 1.45. The lowest BCUT2D eigenvalue weighted by atomic mass is 9.96. The van der Waals surface area contributed by atoms with E-state index in [9.17, 15) is 8.42 Å². The van der Waals surface area contributed by atoms with Gasteiger partial charge in [0.1, 0.15) is 0 Å². The van der Waals surface area contributed by atoms with Crippen molar-refractivity contribution in [2.45, 2.75) is 39.0 Å². The average Bonchev–Trinajstić information content (AvgIpc) is 2.40. The van der Waals surface area contributed by atoms with E-state index in [-0.39, 0.29) is 12.4 Å². The third-order valence-electron chi connectivity index (χ3n) is 4.45. The fraction of sp³-hybridized carbons (Fsp3) is 1.00. The average molecular weight is 326 g/mol. The van der Waals surface area contributed by atoms with Crippen molar-refractivity contribution in [1.82, 2.24) is 8.61 Å². The van der Waals surface area contributed by atoms with Crippen LogP contribution in [0.25, 0.3) is 0 Å². The molecule has 2 aliphatic heterocycles. The van der Waals surface area contributed by atoms with E-state index in [1.807, 2.05) is 0 Å². The summed E-state index contributed by atoms with van der Waals surface area (Å²) in [7, 11) is -3.23. The van der Waals surface area contributed by atoms with E-state index in [1.165, 1.54) is 0 Å². The molecule has 2 heterocycles. The maximum atomic E-state index is 12.6. The number of rotatable bonds is 4. The van der Waals surface area contributed by atoms with Crippen molar-refractivity contribution in [3.05, 3.63) is 0 Å². The summed E-state index contributed by atoms with van der Waals surface area (Å²) >= 11 is 0. The molecule has 2 fully saturated rings. The first-order valence-electron chi connectivity index (χ1n) is 7.49. The topological polar surface area (TPSA) is 66.6 Å². The van der Waals surface area contributed by atoms with Crippen LogP contribution in [0.15, 0.2) is 0 Å². The Bertz CT molecular complexity index is 381. The van der Waals surface area contributed by atoms with Crippen LogP contribution in [0.3, 0.4) is 0 Å². The summed E-state index contributed by atoms with van der Waals surface area (Å²) in [5.74, 6) is 1.09. The van der Waals surface area contributed by atoms with E-state index in [1.54, 1.807) is 8.61 Å². The van der Waals surface area contributed by atoms with Gasteiger partial charge in [-0.1, -0.05) is 6.92 Å². The smallest absolute Gasteiger partial charge is 0.281 e. The van der Waals surface area contributed by atoms with Crippen molar-refractivity contribution < 1.29 is 8.42 Å². The van der Waals surface area contributed by atoms with Crippen molar-refractivity contribution in [2.24, 2.45) is 17.6 Å². The minimum absolute atomic E-state index is 0. The molecule has 2 N–H and O–H groups in total. The van der Waals surface area contributed by atoms with Crippen LogP contribution in [0.2, 0.25) is 0 Å². The second kappa shape index (κ2) is 7.94. The fourth-order valence-electron chi connectivity index (χ4n) is 3.09. The van der Waals surface area contributed by atoms with Gasteiger partial charge >= 0.3 is 0 Å². The third-order valence-corrected chi connectivity index (χ3v) is 6.45. The summed E-state index contributed by atoms with van der Waals surface area (Å²) in [6.07, 6.45) is 4.98. The molecule has 2 saturated heterocycles. The normalized spacial score (nSPS) is 27.2. The molecule has 1 atom stereocenters. The molecule has 0 saturated carbocycles. The number of halogens is 1. The molecule has 0 bridgehead atoms. The van der Waals surface area contributed by atoms with Gasteiger partial charge in [-0.3, -0.25) is 0 Å². The molecule has 2 aliphatic rings. The van der Waals surface area contributed by atoms with Crippen LogP contribution in [-0.2, 0) is 10.2 Å². The van der Waals surface area contributed by atoms with Gasteiger partial charge in [-0.2, -0.15) is 17.0 Å². The Morgan fingerprint density at radius 3 is 2.35 bits per heavy atom. The Morgan fingerprint density at radius 1 is 1.10 bits per heavy atom. The SMILES string of the molecule is CC1CCN(S(=O)(=O)N2CCCC(CCN)C2)CC1.Cl. The predicted molar refractivity (Wildman–Crippen MR) is 84.1 cm³/mol. The summed E-state index contributed by atoms with van der Waals surface area (Å²) in [6, 6.07) is 0. The molecule has 120 valence electrons. The van der Waals surface area contributed by atoms with Crippen molar-refractivity contribution in [1.29, 1.82) is 0 Å². The van der Waals surface area contributed by atoms with E-state index in [4.69, 9.17) is 5.73 Å². The van der Waals surface area contributed by atoms with Crippen LogP contribution in [-0.4, -0.2) is 49.8 Å². The van der Waals surface area contributed by atoms with Gasteiger partial charge in [-0.15, -0.1) is 12.4 Å². The first-order chi connectivity index (χ1) is 9.04. The largest absolute Gasteiger partial charge is 0.330 e. The lowest BCUT2D eigenvalue weighted by molar-refractivity contribution is 0.222. The maximum Gasteiger partial charge on any atom is 0.281 e. The van der Waals surface area contributed by atoms with Gasteiger partial charge in [-0.05, 0) is 50.5 Å².